The molecular formula is C23H19FN2O3. The van der Waals surface area contributed by atoms with E-state index in [0.29, 0.717) is 17.4 Å². The second-order valence-corrected chi connectivity index (χ2v) is 7.06. The third kappa shape index (κ3) is 4.27. The molecule has 29 heavy (non-hydrogen) atoms. The fourth-order valence-corrected chi connectivity index (χ4v) is 3.52. The normalized spacial score (nSPS) is 12.2. The van der Waals surface area contributed by atoms with Gasteiger partial charge in [-0.2, -0.15) is 0 Å². The van der Waals surface area contributed by atoms with Gasteiger partial charge in [-0.1, -0.05) is 30.3 Å². The molecule has 3 aromatic carbocycles. The van der Waals surface area contributed by atoms with Crippen LogP contribution in [-0.2, 0) is 11.2 Å². The second kappa shape index (κ2) is 7.75. The van der Waals surface area contributed by atoms with E-state index in [2.05, 4.69) is 10.3 Å². The fourth-order valence-electron chi connectivity index (χ4n) is 3.52. The number of rotatable bonds is 6. The quantitative estimate of drug-likeness (QED) is 0.460. The highest BCUT2D eigenvalue weighted by Crippen LogP contribution is 2.19. The number of hydrogen-bond acceptors (Lipinski definition) is 2. The van der Waals surface area contributed by atoms with E-state index in [4.69, 9.17) is 0 Å². The number of aliphatic carboxylic acids is 1. The Morgan fingerprint density at radius 1 is 0.966 bits per heavy atom. The Labute approximate surface area is 166 Å². The third-order valence-corrected chi connectivity index (χ3v) is 4.87. The second-order valence-electron chi connectivity index (χ2n) is 7.06. The number of halogens is 1. The molecule has 0 spiro atoms. The number of amides is 1. The van der Waals surface area contributed by atoms with Gasteiger partial charge in [0.2, 0.25) is 0 Å². The predicted molar refractivity (Wildman–Crippen MR) is 109 cm³/mol. The maximum Gasteiger partial charge on any atom is 0.305 e. The number of benzene rings is 3. The summed E-state index contributed by atoms with van der Waals surface area (Å²) in [4.78, 5) is 27.2. The molecule has 1 heterocycles. The minimum atomic E-state index is -1.00. The van der Waals surface area contributed by atoms with E-state index >= 15 is 0 Å². The summed E-state index contributed by atoms with van der Waals surface area (Å²) in [5.41, 5.74) is 1.96. The highest BCUT2D eigenvalue weighted by Gasteiger charge is 2.19. The fraction of sp³-hybridized carbons (Fsp3) is 0.130. The van der Waals surface area contributed by atoms with Gasteiger partial charge in [-0.25, -0.2) is 4.39 Å². The number of carbonyl (C=O) groups is 2. The number of H-pyrrole nitrogens is 1. The maximum absolute atomic E-state index is 13.4. The lowest BCUT2D eigenvalue weighted by Gasteiger charge is -2.16. The Morgan fingerprint density at radius 2 is 1.76 bits per heavy atom. The molecule has 0 aliphatic heterocycles. The molecule has 0 fully saturated rings. The van der Waals surface area contributed by atoms with Gasteiger partial charge in [0.25, 0.3) is 5.91 Å². The molecule has 6 heteroatoms. The topological polar surface area (TPSA) is 82.2 Å². The highest BCUT2D eigenvalue weighted by molar-refractivity contribution is 5.98. The minimum Gasteiger partial charge on any atom is -0.481 e. The molecule has 1 atom stereocenters. The van der Waals surface area contributed by atoms with E-state index in [0.717, 1.165) is 22.0 Å². The lowest BCUT2D eigenvalue weighted by molar-refractivity contribution is -0.137. The van der Waals surface area contributed by atoms with Gasteiger partial charge in [0, 0.05) is 34.6 Å². The number of carboxylic acids is 1. The van der Waals surface area contributed by atoms with Gasteiger partial charge in [-0.15, -0.1) is 0 Å². The van der Waals surface area contributed by atoms with E-state index in [1.165, 1.54) is 12.1 Å². The van der Waals surface area contributed by atoms with Gasteiger partial charge >= 0.3 is 5.97 Å². The van der Waals surface area contributed by atoms with Crippen LogP contribution in [0.3, 0.4) is 0 Å². The van der Waals surface area contributed by atoms with E-state index in [-0.39, 0.29) is 18.1 Å². The largest absolute Gasteiger partial charge is 0.481 e. The average Bonchev–Trinajstić information content (AvgIpc) is 3.08. The highest BCUT2D eigenvalue weighted by atomic mass is 19.1. The Balaban J connectivity index is 1.55. The summed E-state index contributed by atoms with van der Waals surface area (Å²) < 4.78 is 13.4. The number of carbonyl (C=O) groups excluding carboxylic acids is 1. The average molecular weight is 390 g/mol. The number of aromatic amines is 1. The number of aromatic nitrogens is 1. The van der Waals surface area contributed by atoms with Gasteiger partial charge in [0.15, 0.2) is 0 Å². The SMILES string of the molecule is O=C(O)CC(Cc1cc2cc(F)ccc2[nH]1)NC(=O)c1ccc2ccccc2c1. The molecule has 1 aromatic heterocycles. The van der Waals surface area contributed by atoms with Crippen LogP contribution in [0.1, 0.15) is 22.5 Å². The van der Waals surface area contributed by atoms with Crippen LogP contribution < -0.4 is 5.32 Å². The molecule has 4 aromatic rings. The summed E-state index contributed by atoms with van der Waals surface area (Å²) in [6.45, 7) is 0. The lowest BCUT2D eigenvalue weighted by Crippen LogP contribution is -2.38. The molecule has 0 saturated carbocycles. The van der Waals surface area contributed by atoms with E-state index in [1.54, 1.807) is 24.3 Å². The van der Waals surface area contributed by atoms with Crippen LogP contribution in [0, 0.1) is 5.82 Å². The molecule has 1 amide bonds. The summed E-state index contributed by atoms with van der Waals surface area (Å²) in [7, 11) is 0. The molecule has 146 valence electrons. The maximum atomic E-state index is 13.4. The van der Waals surface area contributed by atoms with E-state index in [1.807, 2.05) is 30.3 Å². The zero-order valence-electron chi connectivity index (χ0n) is 15.5. The van der Waals surface area contributed by atoms with Gasteiger partial charge in [-0.3, -0.25) is 9.59 Å². The summed E-state index contributed by atoms with van der Waals surface area (Å²) in [6.07, 6.45) is 0.0744. The number of fused-ring (bicyclic) bond motifs is 2. The summed E-state index contributed by atoms with van der Waals surface area (Å²) in [5, 5.41) is 14.7. The van der Waals surface area contributed by atoms with Crippen molar-refractivity contribution < 1.29 is 19.1 Å². The van der Waals surface area contributed by atoms with Crippen molar-refractivity contribution in [2.24, 2.45) is 0 Å². The first-order valence-electron chi connectivity index (χ1n) is 9.26. The minimum absolute atomic E-state index is 0.219. The molecule has 5 nitrogen and oxygen atoms in total. The van der Waals surface area contributed by atoms with Crippen molar-refractivity contribution in [2.75, 3.05) is 0 Å². The van der Waals surface area contributed by atoms with Crippen molar-refractivity contribution in [1.82, 2.24) is 10.3 Å². The molecule has 0 saturated heterocycles. The smallest absolute Gasteiger partial charge is 0.305 e. The summed E-state index contributed by atoms with van der Waals surface area (Å²) in [5.74, 6) is -1.67. The summed E-state index contributed by atoms with van der Waals surface area (Å²) >= 11 is 0. The van der Waals surface area contributed by atoms with Crippen molar-refractivity contribution >= 4 is 33.6 Å². The first kappa shape index (κ1) is 18.7. The first-order valence-corrected chi connectivity index (χ1v) is 9.26. The molecule has 0 aliphatic carbocycles. The standard InChI is InChI=1S/C23H19FN2O3/c24-18-7-8-21-17(10-18)11-19(25-21)12-20(13-22(27)28)26-23(29)16-6-5-14-3-1-2-4-15(14)9-16/h1-11,20,25H,12-13H2,(H,26,29)(H,27,28). The van der Waals surface area contributed by atoms with Crippen molar-refractivity contribution in [3.05, 3.63) is 83.8 Å². The first-order chi connectivity index (χ1) is 14.0. The van der Waals surface area contributed by atoms with Crippen LogP contribution in [0.2, 0.25) is 0 Å². The Bertz CT molecular complexity index is 1220. The van der Waals surface area contributed by atoms with Gasteiger partial charge in [-0.05, 0) is 47.2 Å². The number of nitrogens with one attached hydrogen (secondary N) is 2. The number of hydrogen-bond donors (Lipinski definition) is 3. The van der Waals surface area contributed by atoms with Crippen molar-refractivity contribution in [1.29, 1.82) is 0 Å². The molecule has 4 rings (SSSR count). The van der Waals surface area contributed by atoms with Crippen LogP contribution in [0.5, 0.6) is 0 Å². The van der Waals surface area contributed by atoms with Crippen LogP contribution >= 0.6 is 0 Å². The lowest BCUT2D eigenvalue weighted by atomic mass is 10.0. The third-order valence-electron chi connectivity index (χ3n) is 4.87. The van der Waals surface area contributed by atoms with Crippen LogP contribution in [0.25, 0.3) is 21.7 Å². The Morgan fingerprint density at radius 3 is 2.55 bits per heavy atom. The van der Waals surface area contributed by atoms with Crippen molar-refractivity contribution in [3.63, 3.8) is 0 Å². The Kier molecular flexibility index (Phi) is 4.99. The van der Waals surface area contributed by atoms with Crippen LogP contribution in [0.4, 0.5) is 4.39 Å². The van der Waals surface area contributed by atoms with Crippen molar-refractivity contribution in [3.8, 4) is 0 Å². The van der Waals surface area contributed by atoms with Crippen LogP contribution in [0.15, 0.2) is 66.7 Å². The van der Waals surface area contributed by atoms with Gasteiger partial charge in [0.1, 0.15) is 5.82 Å². The van der Waals surface area contributed by atoms with E-state index < -0.39 is 12.0 Å². The van der Waals surface area contributed by atoms with Crippen LogP contribution in [-0.4, -0.2) is 28.0 Å². The Hall–Kier alpha value is -3.67. The molecule has 1 unspecified atom stereocenters. The molecule has 0 radical (unpaired) electrons. The number of carboxylic acid groups (broad SMARTS) is 1. The predicted octanol–water partition coefficient (Wildman–Crippen LogP) is 4.28. The molecule has 3 N–H and O–H groups in total. The van der Waals surface area contributed by atoms with Crippen molar-refractivity contribution in [2.45, 2.75) is 18.9 Å². The molecule has 0 aliphatic rings. The monoisotopic (exact) mass is 390 g/mol. The molecule has 0 bridgehead atoms. The zero-order valence-corrected chi connectivity index (χ0v) is 15.5. The van der Waals surface area contributed by atoms with E-state index in [9.17, 15) is 19.1 Å². The summed E-state index contributed by atoms with van der Waals surface area (Å²) in [6, 6.07) is 18.7. The zero-order chi connectivity index (χ0) is 20.4. The van der Waals surface area contributed by atoms with Gasteiger partial charge in [0.05, 0.1) is 6.42 Å². The molecular weight excluding hydrogens is 371 g/mol. The van der Waals surface area contributed by atoms with Gasteiger partial charge < -0.3 is 15.4 Å².